The van der Waals surface area contributed by atoms with Gasteiger partial charge in [-0.1, -0.05) is 218 Å². The lowest BCUT2D eigenvalue weighted by Crippen LogP contribution is -2.04. The van der Waals surface area contributed by atoms with Crippen molar-refractivity contribution in [3.05, 3.63) is 255 Å². The molecule has 0 bridgehead atoms. The number of nitrogens with zero attached hydrogens (tertiary/aromatic N) is 4. The number of rotatable bonds is 6. The first kappa shape index (κ1) is 41.1. The summed E-state index contributed by atoms with van der Waals surface area (Å²) < 4.78 is 2.55. The van der Waals surface area contributed by atoms with Crippen molar-refractivity contribution in [1.82, 2.24) is 19.5 Å². The van der Waals surface area contributed by atoms with E-state index >= 15 is 0 Å². The molecule has 4 heteroatoms. The van der Waals surface area contributed by atoms with E-state index in [2.05, 4.69) is 259 Å². The lowest BCUT2D eigenvalue weighted by molar-refractivity contribution is 1.08. The molecule has 0 aliphatic carbocycles. The van der Waals surface area contributed by atoms with Crippen molar-refractivity contribution in [2.45, 2.75) is 0 Å². The van der Waals surface area contributed by atoms with Crippen molar-refractivity contribution in [3.63, 3.8) is 0 Å². The molecule has 0 radical (unpaired) electrons. The van der Waals surface area contributed by atoms with E-state index < -0.39 is 0 Å². The maximum atomic E-state index is 5.61. The molecule has 0 aliphatic rings. The van der Waals surface area contributed by atoms with Crippen molar-refractivity contribution < 1.29 is 0 Å². The van der Waals surface area contributed by atoms with Gasteiger partial charge in [-0.15, -0.1) is 0 Å². The minimum Gasteiger partial charge on any atom is -0.308 e. The molecule has 0 saturated carbocycles. The standard InChI is InChI=1S/C69H42N4/c1-2-17-43(18-3-1)51-35-36-56-59(37-51)63(69-71-67(57-33-15-27-45-20-9-12-30-53(45)57)70-68(72-69)58-34-16-28-46-21-10-13-31-54(46)58)42-62(55-32-14-26-44-19-8-11-29-52(44)55)66(56)73-64-40-49-24-6-4-22-47(49)38-60(64)61-39-48-23-5-7-25-50(48)41-65(61)73/h1-42H. The van der Waals surface area contributed by atoms with Gasteiger partial charge in [0.05, 0.1) is 16.7 Å². The third kappa shape index (κ3) is 6.65. The van der Waals surface area contributed by atoms with E-state index in [1.807, 2.05) is 0 Å². The van der Waals surface area contributed by atoms with Gasteiger partial charge in [-0.25, -0.2) is 15.0 Å². The van der Waals surface area contributed by atoms with Crippen LogP contribution in [0.25, 0.3) is 149 Å². The quantitative estimate of drug-likeness (QED) is 0.167. The van der Waals surface area contributed by atoms with Crippen LogP contribution in [0.3, 0.4) is 0 Å². The normalized spacial score (nSPS) is 11.8. The number of aromatic nitrogens is 4. The Balaban J connectivity index is 1.13. The van der Waals surface area contributed by atoms with Gasteiger partial charge >= 0.3 is 0 Å². The fourth-order valence-electron chi connectivity index (χ4n) is 11.5. The van der Waals surface area contributed by atoms with E-state index in [0.717, 1.165) is 93.4 Å². The van der Waals surface area contributed by atoms with E-state index in [4.69, 9.17) is 15.0 Å². The third-order valence-electron chi connectivity index (χ3n) is 15.0. The van der Waals surface area contributed by atoms with Gasteiger partial charge in [0, 0.05) is 38.4 Å². The first-order valence-electron chi connectivity index (χ1n) is 24.9. The Morgan fingerprint density at radius 3 is 1.15 bits per heavy atom. The molecule has 2 aromatic heterocycles. The van der Waals surface area contributed by atoms with Crippen LogP contribution in [0, 0.1) is 0 Å². The molecule has 15 rings (SSSR count). The largest absolute Gasteiger partial charge is 0.308 e. The number of hydrogen-bond acceptors (Lipinski definition) is 3. The summed E-state index contributed by atoms with van der Waals surface area (Å²) in [5.74, 6) is 1.84. The smallest absolute Gasteiger partial charge is 0.164 e. The van der Waals surface area contributed by atoms with Crippen LogP contribution >= 0.6 is 0 Å². The summed E-state index contributed by atoms with van der Waals surface area (Å²) in [6, 6.07) is 92.2. The van der Waals surface area contributed by atoms with Crippen molar-refractivity contribution >= 4 is 86.4 Å². The fraction of sp³-hybridized carbons (Fsp3) is 0. The molecule has 0 saturated heterocycles. The Morgan fingerprint density at radius 2 is 0.630 bits per heavy atom. The molecule has 0 aliphatic heterocycles. The van der Waals surface area contributed by atoms with Gasteiger partial charge in [0.2, 0.25) is 0 Å². The van der Waals surface area contributed by atoms with E-state index in [1.165, 1.54) is 37.7 Å². The highest BCUT2D eigenvalue weighted by atomic mass is 15.0. The average molecular weight is 927 g/mol. The van der Waals surface area contributed by atoms with E-state index in [1.54, 1.807) is 0 Å². The molecule has 0 N–H and O–H groups in total. The van der Waals surface area contributed by atoms with Crippen molar-refractivity contribution in [2.24, 2.45) is 0 Å². The molecule has 0 atom stereocenters. The van der Waals surface area contributed by atoms with Crippen molar-refractivity contribution in [1.29, 1.82) is 0 Å². The zero-order valence-electron chi connectivity index (χ0n) is 39.5. The van der Waals surface area contributed by atoms with Crippen molar-refractivity contribution in [2.75, 3.05) is 0 Å². The van der Waals surface area contributed by atoms with Crippen molar-refractivity contribution in [3.8, 4) is 62.1 Å². The predicted octanol–water partition coefficient (Wildman–Crippen LogP) is 18.2. The Kier molecular flexibility index (Phi) is 9.23. The highest BCUT2D eigenvalue weighted by molar-refractivity contribution is 6.20. The lowest BCUT2D eigenvalue weighted by atomic mass is 9.89. The molecule has 13 aromatic carbocycles. The zero-order chi connectivity index (χ0) is 48.0. The van der Waals surface area contributed by atoms with E-state index in [9.17, 15) is 0 Å². The maximum absolute atomic E-state index is 5.61. The third-order valence-corrected chi connectivity index (χ3v) is 15.0. The minimum atomic E-state index is 0.600. The monoisotopic (exact) mass is 926 g/mol. The molecular weight excluding hydrogens is 885 g/mol. The fourth-order valence-corrected chi connectivity index (χ4v) is 11.5. The highest BCUT2D eigenvalue weighted by Gasteiger charge is 2.25. The predicted molar refractivity (Wildman–Crippen MR) is 306 cm³/mol. The Hall–Kier alpha value is -9.77. The second kappa shape index (κ2) is 16.4. The SMILES string of the molecule is c1ccc(-c2ccc3c(-n4c5cc6ccccc6cc5c5cc6ccccc6cc54)c(-c4cccc5ccccc45)cc(-c4nc(-c5cccc6ccccc56)nc(-c5cccc6ccccc56)n4)c3c2)cc1. The van der Waals surface area contributed by atoms with Crippen LogP contribution < -0.4 is 0 Å². The Bertz CT molecular complexity index is 4540. The van der Waals surface area contributed by atoms with Gasteiger partial charge in [-0.2, -0.15) is 0 Å². The summed E-state index contributed by atoms with van der Waals surface area (Å²) in [4.78, 5) is 16.6. The summed E-state index contributed by atoms with van der Waals surface area (Å²) in [6.45, 7) is 0. The summed E-state index contributed by atoms with van der Waals surface area (Å²) in [5.41, 5.74) is 10.6. The van der Waals surface area contributed by atoms with Crippen LogP contribution in [0.15, 0.2) is 255 Å². The lowest BCUT2D eigenvalue weighted by Gasteiger charge is -2.22. The van der Waals surface area contributed by atoms with Gasteiger partial charge in [-0.05, 0) is 112 Å². The summed E-state index contributed by atoms with van der Waals surface area (Å²) >= 11 is 0. The van der Waals surface area contributed by atoms with Gasteiger partial charge in [0.25, 0.3) is 0 Å². The van der Waals surface area contributed by atoms with Gasteiger partial charge < -0.3 is 4.57 Å². The molecule has 0 unspecified atom stereocenters. The molecule has 2 heterocycles. The average Bonchev–Trinajstić information content (AvgIpc) is 3.75. The van der Waals surface area contributed by atoms with Gasteiger partial charge in [0.15, 0.2) is 17.5 Å². The summed E-state index contributed by atoms with van der Waals surface area (Å²) in [7, 11) is 0. The molecule has 73 heavy (non-hydrogen) atoms. The number of hydrogen-bond donors (Lipinski definition) is 0. The highest BCUT2D eigenvalue weighted by Crippen LogP contribution is 2.47. The van der Waals surface area contributed by atoms with Gasteiger partial charge in [-0.3, -0.25) is 0 Å². The molecule has 0 spiro atoms. The van der Waals surface area contributed by atoms with Crippen LogP contribution in [0.2, 0.25) is 0 Å². The molecular formula is C69H42N4. The molecule has 0 amide bonds. The first-order valence-corrected chi connectivity index (χ1v) is 24.9. The second-order valence-corrected chi connectivity index (χ2v) is 19.1. The summed E-state index contributed by atoms with van der Waals surface area (Å²) in [5, 5.41) is 16.1. The maximum Gasteiger partial charge on any atom is 0.164 e. The molecule has 4 nitrogen and oxygen atoms in total. The number of fused-ring (bicyclic) bond motifs is 9. The number of benzene rings is 13. The van der Waals surface area contributed by atoms with Crippen LogP contribution in [-0.2, 0) is 0 Å². The summed E-state index contributed by atoms with van der Waals surface area (Å²) in [6.07, 6.45) is 0. The van der Waals surface area contributed by atoms with Crippen LogP contribution in [0.4, 0.5) is 0 Å². The van der Waals surface area contributed by atoms with Crippen LogP contribution in [0.1, 0.15) is 0 Å². The van der Waals surface area contributed by atoms with Crippen LogP contribution in [0.5, 0.6) is 0 Å². The topological polar surface area (TPSA) is 43.6 Å². The Labute approximate surface area is 420 Å². The molecule has 15 aromatic rings. The van der Waals surface area contributed by atoms with E-state index in [-0.39, 0.29) is 0 Å². The van der Waals surface area contributed by atoms with E-state index in [0.29, 0.717) is 17.5 Å². The Morgan fingerprint density at radius 1 is 0.219 bits per heavy atom. The molecule has 0 fully saturated rings. The first-order chi connectivity index (χ1) is 36.2. The second-order valence-electron chi connectivity index (χ2n) is 19.1. The van der Waals surface area contributed by atoms with Crippen LogP contribution in [-0.4, -0.2) is 19.5 Å². The zero-order valence-corrected chi connectivity index (χ0v) is 39.5. The van der Waals surface area contributed by atoms with Gasteiger partial charge in [0.1, 0.15) is 0 Å². The molecule has 338 valence electrons. The minimum absolute atomic E-state index is 0.600.